The number of likely N-dealkylation sites (tertiary alicyclic amines) is 1. The molecule has 192 valence electrons. The smallest absolute Gasteiger partial charge is 0.227 e. The topological polar surface area (TPSA) is 87.7 Å². The van der Waals surface area contributed by atoms with Gasteiger partial charge in [-0.25, -0.2) is 17.8 Å². The molecule has 10 heteroatoms. The molecule has 1 aromatic heterocycles. The van der Waals surface area contributed by atoms with E-state index in [1.807, 2.05) is 0 Å². The number of anilines is 2. The number of nitrogens with zero attached hydrogens (tertiary/aromatic N) is 4. The number of halogens is 1. The predicted octanol–water partition coefficient (Wildman–Crippen LogP) is 3.61. The molecule has 4 heterocycles. The maximum absolute atomic E-state index is 15.1. The van der Waals surface area contributed by atoms with Crippen molar-refractivity contribution in [2.75, 3.05) is 61.1 Å². The zero-order chi connectivity index (χ0) is 24.3. The van der Waals surface area contributed by atoms with Crippen molar-refractivity contribution in [3.8, 4) is 5.75 Å². The third-order valence-electron chi connectivity index (χ3n) is 7.26. The second-order valence-corrected chi connectivity index (χ2v) is 12.3. The van der Waals surface area contributed by atoms with Gasteiger partial charge in [-0.15, -0.1) is 0 Å². The fraction of sp³-hybridized carbons (Fsp3) is 0.680. The summed E-state index contributed by atoms with van der Waals surface area (Å²) in [6.45, 7) is 5.45. The molecule has 0 radical (unpaired) electrons. The van der Waals surface area contributed by atoms with E-state index in [0.717, 1.165) is 58.4 Å². The van der Waals surface area contributed by atoms with Crippen molar-refractivity contribution in [3.05, 3.63) is 17.9 Å². The van der Waals surface area contributed by atoms with E-state index < -0.39 is 15.7 Å². The molecule has 0 saturated carbocycles. The molecule has 35 heavy (non-hydrogen) atoms. The van der Waals surface area contributed by atoms with Crippen LogP contribution in [0.4, 0.5) is 16.2 Å². The molecule has 1 N–H and O–H groups in total. The molecule has 3 aliphatic heterocycles. The Morgan fingerprint density at radius 3 is 2.57 bits per heavy atom. The molecule has 0 aliphatic carbocycles. The number of fused-ring (bicyclic) bond motifs is 1. The molecule has 1 aromatic carbocycles. The summed E-state index contributed by atoms with van der Waals surface area (Å²) in [4.78, 5) is 14.0. The third kappa shape index (κ3) is 6.14. The van der Waals surface area contributed by atoms with Crippen LogP contribution in [0.25, 0.3) is 10.9 Å². The molecule has 0 spiro atoms. The number of piperidine rings is 1. The Bertz CT molecular complexity index is 1130. The molecule has 2 aromatic rings. The fourth-order valence-electron chi connectivity index (χ4n) is 5.38. The Morgan fingerprint density at radius 1 is 1.03 bits per heavy atom. The Hall–Kier alpha value is -2.20. The van der Waals surface area contributed by atoms with E-state index in [1.165, 1.54) is 25.3 Å². The normalized spacial score (nSPS) is 23.0. The summed E-state index contributed by atoms with van der Waals surface area (Å²) < 4.78 is 45.2. The minimum atomic E-state index is -3.08. The van der Waals surface area contributed by atoms with Gasteiger partial charge >= 0.3 is 0 Å². The monoisotopic (exact) mass is 505 g/mol. The highest BCUT2D eigenvalue weighted by Gasteiger charge is 2.27. The molecular weight excluding hydrogens is 469 g/mol. The molecule has 1 atom stereocenters. The number of hydrogen-bond donors (Lipinski definition) is 1. The van der Waals surface area contributed by atoms with Gasteiger partial charge in [0.2, 0.25) is 5.95 Å². The van der Waals surface area contributed by atoms with Crippen LogP contribution >= 0.6 is 0 Å². The van der Waals surface area contributed by atoms with E-state index in [0.29, 0.717) is 35.7 Å². The average molecular weight is 506 g/mol. The number of nitrogens with one attached hydrogen (secondary N) is 1. The molecule has 3 saturated heterocycles. The summed E-state index contributed by atoms with van der Waals surface area (Å²) in [5.74, 6) is 1.13. The summed E-state index contributed by atoms with van der Waals surface area (Å²) in [6.07, 6.45) is 8.19. The van der Waals surface area contributed by atoms with Crippen LogP contribution < -0.4 is 15.0 Å². The van der Waals surface area contributed by atoms with Crippen molar-refractivity contribution in [3.63, 3.8) is 0 Å². The van der Waals surface area contributed by atoms with Gasteiger partial charge in [0, 0.05) is 37.1 Å². The van der Waals surface area contributed by atoms with Gasteiger partial charge in [-0.05, 0) is 64.1 Å². The lowest BCUT2D eigenvalue weighted by Gasteiger charge is -2.26. The first-order valence-electron chi connectivity index (χ1n) is 13.1. The molecule has 3 aliphatic rings. The van der Waals surface area contributed by atoms with Gasteiger partial charge < -0.3 is 19.9 Å². The van der Waals surface area contributed by atoms with Crippen LogP contribution in [-0.2, 0) is 9.84 Å². The van der Waals surface area contributed by atoms with E-state index >= 15 is 4.39 Å². The van der Waals surface area contributed by atoms with Crippen LogP contribution in [0.2, 0.25) is 0 Å². The van der Waals surface area contributed by atoms with Crippen molar-refractivity contribution in [2.45, 2.75) is 57.4 Å². The Kier molecular flexibility index (Phi) is 7.57. The lowest BCUT2D eigenvalue weighted by Crippen LogP contribution is -2.35. The molecular formula is C25H36FN5O3S. The Balaban J connectivity index is 1.36. The van der Waals surface area contributed by atoms with Crippen molar-refractivity contribution in [2.24, 2.45) is 0 Å². The standard InChI is InChI=1S/C25H36FN5O3S/c26-21-16-20-22(17-23(21)34-14-7-11-30-9-2-1-3-10-30)28-25(31-12-4-5-13-31)29-24(20)27-19-8-6-15-35(32,33)18-19/h16-17,19H,1-15,18H2,(H,27,28,29). The number of ether oxygens (including phenoxy) is 1. The van der Waals surface area contributed by atoms with Crippen LogP contribution in [0.15, 0.2) is 12.1 Å². The summed E-state index contributed by atoms with van der Waals surface area (Å²) >= 11 is 0. The van der Waals surface area contributed by atoms with E-state index in [9.17, 15) is 8.42 Å². The summed E-state index contributed by atoms with van der Waals surface area (Å²) in [7, 11) is -3.08. The van der Waals surface area contributed by atoms with Crippen molar-refractivity contribution < 1.29 is 17.5 Å². The highest BCUT2D eigenvalue weighted by molar-refractivity contribution is 7.91. The van der Waals surface area contributed by atoms with Gasteiger partial charge in [-0.2, -0.15) is 4.98 Å². The number of hydrogen-bond acceptors (Lipinski definition) is 8. The van der Waals surface area contributed by atoms with Gasteiger partial charge in [-0.1, -0.05) is 6.42 Å². The van der Waals surface area contributed by atoms with Crippen LogP contribution in [0, 0.1) is 5.82 Å². The second-order valence-electron chi connectivity index (χ2n) is 10.1. The van der Waals surface area contributed by atoms with Crippen molar-refractivity contribution >= 4 is 32.5 Å². The molecule has 5 rings (SSSR count). The highest BCUT2D eigenvalue weighted by atomic mass is 32.2. The summed E-state index contributed by atoms with van der Waals surface area (Å²) in [5.41, 5.74) is 0.607. The average Bonchev–Trinajstić information content (AvgIpc) is 3.37. The zero-order valence-electron chi connectivity index (χ0n) is 20.3. The van der Waals surface area contributed by atoms with E-state index in [-0.39, 0.29) is 23.3 Å². The van der Waals surface area contributed by atoms with E-state index in [1.54, 1.807) is 6.07 Å². The number of benzene rings is 1. The molecule has 1 unspecified atom stereocenters. The van der Waals surface area contributed by atoms with Crippen LogP contribution in [0.5, 0.6) is 5.75 Å². The SMILES string of the molecule is O=S1(=O)CCCC(Nc2nc(N3CCCC3)nc3cc(OCCCN4CCCCC4)c(F)cc23)C1. The second kappa shape index (κ2) is 10.8. The molecule has 0 bridgehead atoms. The van der Waals surface area contributed by atoms with Gasteiger partial charge in [-0.3, -0.25) is 0 Å². The van der Waals surface area contributed by atoms with Gasteiger partial charge in [0.25, 0.3) is 0 Å². The maximum atomic E-state index is 15.1. The number of aromatic nitrogens is 2. The molecule has 8 nitrogen and oxygen atoms in total. The third-order valence-corrected chi connectivity index (χ3v) is 9.08. The van der Waals surface area contributed by atoms with Crippen LogP contribution in [-0.4, -0.2) is 80.2 Å². The van der Waals surface area contributed by atoms with Crippen LogP contribution in [0.1, 0.15) is 51.4 Å². The molecule has 0 amide bonds. The van der Waals surface area contributed by atoms with Gasteiger partial charge in [0.05, 0.1) is 23.6 Å². The fourth-order valence-corrected chi connectivity index (χ4v) is 7.02. The largest absolute Gasteiger partial charge is 0.490 e. The van der Waals surface area contributed by atoms with Crippen LogP contribution in [0.3, 0.4) is 0 Å². The number of rotatable bonds is 8. The summed E-state index contributed by atoms with van der Waals surface area (Å²) in [6, 6.07) is 2.84. The van der Waals surface area contributed by atoms with Gasteiger partial charge in [0.1, 0.15) is 5.82 Å². The van der Waals surface area contributed by atoms with E-state index in [2.05, 4.69) is 15.1 Å². The van der Waals surface area contributed by atoms with E-state index in [4.69, 9.17) is 14.7 Å². The number of sulfone groups is 1. The molecule has 3 fully saturated rings. The zero-order valence-corrected chi connectivity index (χ0v) is 21.2. The first-order valence-corrected chi connectivity index (χ1v) is 14.9. The first-order chi connectivity index (χ1) is 17.0. The van der Waals surface area contributed by atoms with Crippen molar-refractivity contribution in [1.82, 2.24) is 14.9 Å². The minimum absolute atomic E-state index is 0.0677. The quantitative estimate of drug-likeness (QED) is 0.545. The van der Waals surface area contributed by atoms with Gasteiger partial charge in [0.15, 0.2) is 21.4 Å². The van der Waals surface area contributed by atoms with Crippen molar-refractivity contribution in [1.29, 1.82) is 0 Å². The maximum Gasteiger partial charge on any atom is 0.227 e. The highest BCUT2D eigenvalue weighted by Crippen LogP contribution is 2.32. The Labute approximate surface area is 207 Å². The predicted molar refractivity (Wildman–Crippen MR) is 137 cm³/mol. The Morgan fingerprint density at radius 2 is 1.80 bits per heavy atom. The first kappa shape index (κ1) is 24.5. The summed E-state index contributed by atoms with van der Waals surface area (Å²) in [5, 5.41) is 3.86. The minimum Gasteiger partial charge on any atom is -0.490 e. The lowest BCUT2D eigenvalue weighted by atomic mass is 10.1. The lowest BCUT2D eigenvalue weighted by molar-refractivity contribution is 0.203.